The van der Waals surface area contributed by atoms with Crippen LogP contribution in [0.25, 0.3) is 0 Å². The van der Waals surface area contributed by atoms with E-state index in [1.165, 1.54) is 24.1 Å². The topological polar surface area (TPSA) is 26.3 Å². The average molecular weight is 238 g/mol. The predicted molar refractivity (Wildman–Crippen MR) is 65.6 cm³/mol. The number of hydrogen-bond donors (Lipinski definition) is 0. The first-order valence-electron chi connectivity index (χ1n) is 6.06. The predicted octanol–water partition coefficient (Wildman–Crippen LogP) is 3.56. The Kier molecular flexibility index (Phi) is 4.40. The number of carbonyl (C=O) groups is 1. The van der Waals surface area contributed by atoms with Gasteiger partial charge in [0.2, 0.25) is 0 Å². The number of hydrogen-bond acceptors (Lipinski definition) is 3. The van der Waals surface area contributed by atoms with Crippen LogP contribution in [-0.2, 0) is 16.0 Å². The monoisotopic (exact) mass is 238 g/mol. The first-order chi connectivity index (χ1) is 7.84. The molecule has 1 heterocycles. The Labute approximate surface area is 101 Å². The van der Waals surface area contributed by atoms with Gasteiger partial charge in [0.1, 0.15) is 6.10 Å². The second kappa shape index (κ2) is 6.04. The first-order valence-corrected chi connectivity index (χ1v) is 6.94. The van der Waals surface area contributed by atoms with Crippen molar-refractivity contribution in [1.82, 2.24) is 0 Å². The molecule has 0 N–H and O–H groups in total. The summed E-state index contributed by atoms with van der Waals surface area (Å²) in [6.45, 7) is 0. The van der Waals surface area contributed by atoms with Crippen molar-refractivity contribution >= 4 is 17.3 Å². The van der Waals surface area contributed by atoms with Crippen molar-refractivity contribution in [3.05, 3.63) is 22.4 Å². The molecule has 0 aliphatic heterocycles. The van der Waals surface area contributed by atoms with Crippen molar-refractivity contribution in [3.8, 4) is 0 Å². The van der Waals surface area contributed by atoms with Gasteiger partial charge in [-0.25, -0.2) is 0 Å². The molecule has 1 aliphatic rings. The fourth-order valence-electron chi connectivity index (χ4n) is 2.11. The second-order valence-corrected chi connectivity index (χ2v) is 5.36. The third-order valence-corrected chi connectivity index (χ3v) is 3.94. The molecule has 0 saturated heterocycles. The van der Waals surface area contributed by atoms with Gasteiger partial charge in [0.15, 0.2) is 0 Å². The number of thiophene rings is 1. The third kappa shape index (κ3) is 3.63. The highest BCUT2D eigenvalue weighted by Gasteiger charge is 2.17. The van der Waals surface area contributed by atoms with E-state index in [9.17, 15) is 4.79 Å². The van der Waals surface area contributed by atoms with Crippen LogP contribution in [0.5, 0.6) is 0 Å². The van der Waals surface area contributed by atoms with E-state index < -0.39 is 0 Å². The Morgan fingerprint density at radius 2 is 2.19 bits per heavy atom. The lowest BCUT2D eigenvalue weighted by atomic mass is 9.98. The minimum absolute atomic E-state index is 0.0275. The molecule has 1 saturated carbocycles. The molecule has 1 aromatic rings. The van der Waals surface area contributed by atoms with Crippen molar-refractivity contribution < 1.29 is 9.53 Å². The maximum Gasteiger partial charge on any atom is 0.306 e. The van der Waals surface area contributed by atoms with Gasteiger partial charge in [0.25, 0.3) is 0 Å². The molecule has 1 aromatic heterocycles. The minimum Gasteiger partial charge on any atom is -0.462 e. The number of carbonyl (C=O) groups excluding carboxylic acids is 1. The molecule has 3 heteroatoms. The van der Waals surface area contributed by atoms with Crippen molar-refractivity contribution in [3.63, 3.8) is 0 Å². The first kappa shape index (κ1) is 11.6. The largest absolute Gasteiger partial charge is 0.462 e. The zero-order valence-electron chi connectivity index (χ0n) is 9.48. The lowest BCUT2D eigenvalue weighted by molar-refractivity contribution is -0.150. The number of aryl methyl sites for hydroxylation is 1. The van der Waals surface area contributed by atoms with Crippen LogP contribution in [0.4, 0.5) is 0 Å². The normalized spacial score (nSPS) is 17.2. The van der Waals surface area contributed by atoms with Crippen molar-refractivity contribution in [1.29, 1.82) is 0 Å². The smallest absolute Gasteiger partial charge is 0.306 e. The Hall–Kier alpha value is -0.830. The summed E-state index contributed by atoms with van der Waals surface area (Å²) >= 11 is 1.70. The molecule has 0 radical (unpaired) electrons. The zero-order chi connectivity index (χ0) is 11.2. The standard InChI is InChI=1S/C13H18O2S/c14-13(9-8-12-7-4-10-16-12)15-11-5-2-1-3-6-11/h4,7,10-11H,1-3,5-6,8-9H2. The molecule has 1 aliphatic carbocycles. The number of rotatable bonds is 4. The van der Waals surface area contributed by atoms with Gasteiger partial charge in [-0.3, -0.25) is 4.79 Å². The van der Waals surface area contributed by atoms with E-state index in [1.807, 2.05) is 11.4 Å². The van der Waals surface area contributed by atoms with E-state index in [2.05, 4.69) is 6.07 Å². The summed E-state index contributed by atoms with van der Waals surface area (Å²) in [6.07, 6.45) is 7.38. The fourth-order valence-corrected chi connectivity index (χ4v) is 2.82. The quantitative estimate of drug-likeness (QED) is 0.750. The second-order valence-electron chi connectivity index (χ2n) is 4.33. The SMILES string of the molecule is O=C(CCc1cccs1)OC1CCCCC1. The Morgan fingerprint density at radius 1 is 1.38 bits per heavy atom. The van der Waals surface area contributed by atoms with Gasteiger partial charge in [-0.15, -0.1) is 11.3 Å². The molecule has 0 bridgehead atoms. The highest BCUT2D eigenvalue weighted by atomic mass is 32.1. The fraction of sp³-hybridized carbons (Fsp3) is 0.615. The molecular formula is C13H18O2S. The van der Waals surface area contributed by atoms with Crippen LogP contribution in [0.2, 0.25) is 0 Å². The van der Waals surface area contributed by atoms with E-state index in [4.69, 9.17) is 4.74 Å². The van der Waals surface area contributed by atoms with Gasteiger partial charge < -0.3 is 4.74 Å². The van der Waals surface area contributed by atoms with Gasteiger partial charge in [0.05, 0.1) is 6.42 Å². The molecule has 0 amide bonds. The molecule has 2 nitrogen and oxygen atoms in total. The van der Waals surface area contributed by atoms with Crippen LogP contribution < -0.4 is 0 Å². The van der Waals surface area contributed by atoms with Gasteiger partial charge in [-0.1, -0.05) is 12.5 Å². The lowest BCUT2D eigenvalue weighted by Gasteiger charge is -2.21. The van der Waals surface area contributed by atoms with Crippen molar-refractivity contribution in [2.24, 2.45) is 0 Å². The van der Waals surface area contributed by atoms with E-state index in [-0.39, 0.29) is 12.1 Å². The van der Waals surface area contributed by atoms with Crippen LogP contribution in [0.3, 0.4) is 0 Å². The summed E-state index contributed by atoms with van der Waals surface area (Å²) in [4.78, 5) is 12.9. The van der Waals surface area contributed by atoms with Crippen LogP contribution in [0.1, 0.15) is 43.4 Å². The van der Waals surface area contributed by atoms with Crippen LogP contribution in [0.15, 0.2) is 17.5 Å². The van der Waals surface area contributed by atoms with Crippen LogP contribution in [0, 0.1) is 0 Å². The van der Waals surface area contributed by atoms with Gasteiger partial charge >= 0.3 is 5.97 Å². The molecule has 0 spiro atoms. The van der Waals surface area contributed by atoms with Crippen molar-refractivity contribution in [2.45, 2.75) is 51.0 Å². The summed E-state index contributed by atoms with van der Waals surface area (Å²) in [5.74, 6) is -0.0275. The maximum atomic E-state index is 11.6. The van der Waals surface area contributed by atoms with E-state index >= 15 is 0 Å². The van der Waals surface area contributed by atoms with Gasteiger partial charge in [-0.2, -0.15) is 0 Å². The molecule has 16 heavy (non-hydrogen) atoms. The third-order valence-electron chi connectivity index (χ3n) is 3.01. The maximum absolute atomic E-state index is 11.6. The summed E-state index contributed by atoms with van der Waals surface area (Å²) in [6, 6.07) is 4.09. The molecular weight excluding hydrogens is 220 g/mol. The number of esters is 1. The summed E-state index contributed by atoms with van der Waals surface area (Å²) in [7, 11) is 0. The highest BCUT2D eigenvalue weighted by Crippen LogP contribution is 2.21. The number of ether oxygens (including phenoxy) is 1. The van der Waals surface area contributed by atoms with Crippen molar-refractivity contribution in [2.75, 3.05) is 0 Å². The molecule has 0 atom stereocenters. The Bertz CT molecular complexity index is 313. The molecule has 0 unspecified atom stereocenters. The van der Waals surface area contributed by atoms with E-state index in [0.29, 0.717) is 6.42 Å². The Morgan fingerprint density at radius 3 is 2.88 bits per heavy atom. The van der Waals surface area contributed by atoms with Crippen LogP contribution >= 0.6 is 11.3 Å². The average Bonchev–Trinajstić information content (AvgIpc) is 2.81. The summed E-state index contributed by atoms with van der Waals surface area (Å²) in [5, 5.41) is 2.04. The van der Waals surface area contributed by atoms with E-state index in [0.717, 1.165) is 19.3 Å². The molecule has 2 rings (SSSR count). The van der Waals surface area contributed by atoms with Crippen LogP contribution in [-0.4, -0.2) is 12.1 Å². The minimum atomic E-state index is -0.0275. The zero-order valence-corrected chi connectivity index (χ0v) is 10.3. The molecule has 0 aromatic carbocycles. The highest BCUT2D eigenvalue weighted by molar-refractivity contribution is 7.09. The molecule has 1 fully saturated rings. The lowest BCUT2D eigenvalue weighted by Crippen LogP contribution is -2.20. The molecule has 88 valence electrons. The Balaban J connectivity index is 1.67. The van der Waals surface area contributed by atoms with Gasteiger partial charge in [-0.05, 0) is 43.6 Å². The van der Waals surface area contributed by atoms with E-state index in [1.54, 1.807) is 11.3 Å². The summed E-state index contributed by atoms with van der Waals surface area (Å²) < 4.78 is 5.46. The van der Waals surface area contributed by atoms with Gasteiger partial charge in [0, 0.05) is 4.88 Å². The summed E-state index contributed by atoms with van der Waals surface area (Å²) in [5.41, 5.74) is 0.